The van der Waals surface area contributed by atoms with Gasteiger partial charge in [-0.15, -0.1) is 0 Å². The Labute approximate surface area is 303 Å². The van der Waals surface area contributed by atoms with Crippen molar-refractivity contribution in [1.29, 1.82) is 0 Å². The first-order chi connectivity index (χ1) is 24.4. The molecule has 1 aliphatic carbocycles. The van der Waals surface area contributed by atoms with Gasteiger partial charge in [-0.25, -0.2) is 32.2 Å². The van der Waals surface area contributed by atoms with E-state index in [9.17, 15) is 27.2 Å². The van der Waals surface area contributed by atoms with E-state index in [1.54, 1.807) is 29.2 Å². The van der Waals surface area contributed by atoms with Gasteiger partial charge in [0.15, 0.2) is 17.3 Å². The third-order valence-electron chi connectivity index (χ3n) is 9.52. The number of nitrogens with two attached hydrogens (primary N) is 1. The molecule has 6 rings (SSSR count). The third-order valence-corrected chi connectivity index (χ3v) is 9.84. The zero-order valence-electron chi connectivity index (χ0n) is 29.4. The molecule has 2 N–H and O–H groups in total. The number of hydrogen-bond acceptors (Lipinski definition) is 8. The van der Waals surface area contributed by atoms with Crippen LogP contribution < -0.4 is 5.73 Å². The van der Waals surface area contributed by atoms with Crippen LogP contribution in [-0.2, 0) is 15.1 Å². The Hall–Kier alpha value is -4.66. The maximum Gasteiger partial charge on any atom is 0.297 e. The first-order valence-electron chi connectivity index (χ1n) is 17.0. The monoisotopic (exact) mass is 741 g/mol. The number of carbonyl (C=O) groups excluding carboxylic acids is 2. The molecule has 4 aromatic rings. The Kier molecular flexibility index (Phi) is 9.79. The molecule has 0 unspecified atom stereocenters. The van der Waals surface area contributed by atoms with Gasteiger partial charge < -0.3 is 5.73 Å². The van der Waals surface area contributed by atoms with Gasteiger partial charge >= 0.3 is 0 Å². The summed E-state index contributed by atoms with van der Waals surface area (Å²) in [5.74, 6) is -6.90. The van der Waals surface area contributed by atoms with E-state index >= 15 is 0 Å². The van der Waals surface area contributed by atoms with E-state index in [1.807, 2.05) is 32.9 Å². The Morgan fingerprint density at radius 2 is 1.77 bits per heavy atom. The van der Waals surface area contributed by atoms with E-state index in [1.165, 1.54) is 17.0 Å². The van der Waals surface area contributed by atoms with Crippen LogP contribution in [0, 0.1) is 11.3 Å². The molecule has 1 saturated carbocycles. The second-order valence-electron chi connectivity index (χ2n) is 14.8. The van der Waals surface area contributed by atoms with Crippen LogP contribution >= 0.6 is 11.6 Å². The smallest absolute Gasteiger partial charge is 0.297 e. The molecule has 1 aliphatic heterocycles. The maximum absolute atomic E-state index is 15.0. The van der Waals surface area contributed by atoms with Gasteiger partial charge in [-0.3, -0.25) is 14.5 Å². The number of guanidine groups is 1. The molecule has 16 heteroatoms. The van der Waals surface area contributed by atoms with Crippen LogP contribution in [-0.4, -0.2) is 58.2 Å². The van der Waals surface area contributed by atoms with Crippen molar-refractivity contribution in [2.24, 2.45) is 22.1 Å². The number of rotatable bonds is 13. The van der Waals surface area contributed by atoms with Crippen LogP contribution in [0.25, 0.3) is 16.9 Å². The number of alkyl halides is 4. The lowest BCUT2D eigenvalue weighted by molar-refractivity contribution is -0.137. The van der Waals surface area contributed by atoms with E-state index < -0.39 is 52.8 Å². The first kappa shape index (κ1) is 37.1. The lowest BCUT2D eigenvalue weighted by Crippen LogP contribution is -2.46. The van der Waals surface area contributed by atoms with Crippen LogP contribution in [0.15, 0.2) is 60.0 Å². The number of aromatic nitrogens is 6. The molecule has 0 saturated heterocycles. The molecular formula is C36H40ClF4N9O2. The molecule has 52 heavy (non-hydrogen) atoms. The van der Waals surface area contributed by atoms with Crippen LogP contribution in [0.3, 0.4) is 0 Å². The Bertz CT molecular complexity index is 2000. The number of aliphatic imine (C=N–C) groups is 1. The quantitative estimate of drug-likeness (QED) is 0.139. The summed E-state index contributed by atoms with van der Waals surface area (Å²) in [6.07, 6.45) is 1.50. The van der Waals surface area contributed by atoms with Gasteiger partial charge in [0.05, 0.1) is 34.9 Å². The van der Waals surface area contributed by atoms with E-state index in [0.717, 1.165) is 36.3 Å². The van der Waals surface area contributed by atoms with Crippen molar-refractivity contribution in [3.8, 4) is 16.9 Å². The second-order valence-corrected chi connectivity index (χ2v) is 15.2. The fourth-order valence-corrected chi connectivity index (χ4v) is 6.79. The summed E-state index contributed by atoms with van der Waals surface area (Å²) in [6, 6.07) is 11.0. The number of amides is 1. The molecule has 2 aromatic heterocycles. The van der Waals surface area contributed by atoms with Crippen molar-refractivity contribution in [3.63, 3.8) is 0 Å². The van der Waals surface area contributed by atoms with Crippen molar-refractivity contribution in [2.45, 2.75) is 96.7 Å². The predicted octanol–water partition coefficient (Wildman–Crippen LogP) is 7.62. The fourth-order valence-electron chi connectivity index (χ4n) is 6.59. The number of carbonyl (C=O) groups is 2. The molecule has 3 heterocycles. The SMILES string of the molecule is C[C@@H](C(=O)CC[C@H](c1ccc(Cl)c(-n2ncnc2C(F)F)c1)N1C(=O)[C@@](CC(C)(C)C)(c2ccc(-c3cnn(C4CC4)n3)cc2)N=C1N)C(C)(F)F. The lowest BCUT2D eigenvalue weighted by Gasteiger charge is -2.35. The minimum Gasteiger partial charge on any atom is -0.369 e. The molecule has 0 bridgehead atoms. The largest absolute Gasteiger partial charge is 0.369 e. The number of Topliss-reactive ketones (excluding diaryl/α,β-unsaturated/α-hetero) is 1. The Morgan fingerprint density at radius 3 is 2.38 bits per heavy atom. The van der Waals surface area contributed by atoms with E-state index in [0.29, 0.717) is 29.8 Å². The molecule has 276 valence electrons. The highest BCUT2D eigenvalue weighted by Crippen LogP contribution is 2.46. The van der Waals surface area contributed by atoms with Crippen molar-refractivity contribution in [1.82, 2.24) is 34.7 Å². The summed E-state index contributed by atoms with van der Waals surface area (Å²) in [5.41, 5.74) is 7.11. The first-order valence-corrected chi connectivity index (χ1v) is 17.4. The van der Waals surface area contributed by atoms with E-state index in [2.05, 4.69) is 20.3 Å². The van der Waals surface area contributed by atoms with Gasteiger partial charge in [0, 0.05) is 18.9 Å². The summed E-state index contributed by atoms with van der Waals surface area (Å²) in [4.78, 5) is 39.5. The average molecular weight is 742 g/mol. The third kappa shape index (κ3) is 7.32. The van der Waals surface area contributed by atoms with Gasteiger partial charge in [-0.05, 0) is 61.3 Å². The van der Waals surface area contributed by atoms with Crippen molar-refractivity contribution in [2.75, 3.05) is 0 Å². The molecular weight excluding hydrogens is 702 g/mol. The van der Waals surface area contributed by atoms with Gasteiger partial charge in [-0.1, -0.05) is 62.7 Å². The molecule has 2 aliphatic rings. The van der Waals surface area contributed by atoms with Crippen LogP contribution in [0.5, 0.6) is 0 Å². The molecule has 0 radical (unpaired) electrons. The summed E-state index contributed by atoms with van der Waals surface area (Å²) < 4.78 is 57.0. The van der Waals surface area contributed by atoms with E-state index in [-0.39, 0.29) is 35.9 Å². The number of nitrogens with zero attached hydrogens (tertiary/aromatic N) is 8. The molecule has 11 nitrogen and oxygen atoms in total. The summed E-state index contributed by atoms with van der Waals surface area (Å²) >= 11 is 6.47. The average Bonchev–Trinajstić information content (AvgIpc) is 3.49. The van der Waals surface area contributed by atoms with Crippen LogP contribution in [0.4, 0.5) is 17.6 Å². The van der Waals surface area contributed by atoms with Crippen LogP contribution in [0.1, 0.15) is 102 Å². The number of halogens is 5. The van der Waals surface area contributed by atoms with E-state index in [4.69, 9.17) is 22.3 Å². The van der Waals surface area contributed by atoms with Crippen molar-refractivity contribution >= 4 is 29.3 Å². The molecule has 3 atom stereocenters. The zero-order chi connectivity index (χ0) is 37.7. The minimum atomic E-state index is -3.27. The highest BCUT2D eigenvalue weighted by molar-refractivity contribution is 6.32. The maximum atomic E-state index is 15.0. The highest BCUT2D eigenvalue weighted by atomic mass is 35.5. The summed E-state index contributed by atoms with van der Waals surface area (Å²) in [7, 11) is 0. The van der Waals surface area contributed by atoms with Gasteiger partial charge in [0.1, 0.15) is 17.8 Å². The minimum absolute atomic E-state index is 0.0362. The molecule has 0 spiro atoms. The molecule has 1 fully saturated rings. The summed E-state index contributed by atoms with van der Waals surface area (Å²) in [5, 5.41) is 13.0. The van der Waals surface area contributed by atoms with Gasteiger partial charge in [-0.2, -0.15) is 20.1 Å². The fraction of sp³-hybridized carbons (Fsp3) is 0.472. The number of hydrogen-bond donors (Lipinski definition) is 1. The molecule has 2 aromatic carbocycles. The topological polar surface area (TPSA) is 137 Å². The highest BCUT2D eigenvalue weighted by Gasteiger charge is 2.53. The van der Waals surface area contributed by atoms with Crippen molar-refractivity contribution in [3.05, 3.63) is 77.0 Å². The van der Waals surface area contributed by atoms with Crippen molar-refractivity contribution < 1.29 is 27.2 Å². The normalized spacial score (nSPS) is 19.3. The zero-order valence-corrected chi connectivity index (χ0v) is 30.2. The summed E-state index contributed by atoms with van der Waals surface area (Å²) in [6.45, 7) is 7.72. The molecule has 1 amide bonds. The van der Waals surface area contributed by atoms with Crippen LogP contribution in [0.2, 0.25) is 5.02 Å². The lowest BCUT2D eigenvalue weighted by atomic mass is 9.75. The second kappa shape index (κ2) is 13.7. The number of ketones is 1. The number of benzene rings is 2. The predicted molar refractivity (Wildman–Crippen MR) is 186 cm³/mol. The Balaban J connectivity index is 1.41. The van der Waals surface area contributed by atoms with Gasteiger partial charge in [0.25, 0.3) is 18.3 Å². The van der Waals surface area contributed by atoms with Gasteiger partial charge in [0.2, 0.25) is 0 Å². The Morgan fingerprint density at radius 1 is 1.08 bits per heavy atom. The standard InChI is InChI=1S/C36H40ClF4N9O2/c1-20(35(5,40)41)29(51)15-14-27(22-8-13-25(37)28(16-22)49-31(30(38)39)43-19-45-49)48-32(52)36(46-33(48)42,18-34(2,3)4)23-9-6-21(7-10-23)26-17-44-50(47-26)24-11-12-24/h6-10,13,16-17,19-20,24,27,30H,11-12,14-15,18H2,1-5H3,(H2,42,46)/t20-,27+,36+/m0/s1.